The lowest BCUT2D eigenvalue weighted by atomic mass is 10.1. The van der Waals surface area contributed by atoms with Gasteiger partial charge in [0.1, 0.15) is 0 Å². The molecule has 2 heteroatoms. The maximum absolute atomic E-state index is 9.25. The van der Waals surface area contributed by atoms with Crippen molar-refractivity contribution in [2.75, 3.05) is 6.61 Å². The molecule has 0 aliphatic carbocycles. The second-order valence-corrected chi connectivity index (χ2v) is 3.19. The van der Waals surface area contributed by atoms with Crippen LogP contribution in [0.2, 0.25) is 0 Å². The molecule has 0 unspecified atom stereocenters. The standard InChI is InChI=1S/C8H18O2/c1-6(2)8(9)5-10-7(3)4/h6-9H,5H2,1-4H3/t8-/m0/s1. The van der Waals surface area contributed by atoms with Gasteiger partial charge in [0.25, 0.3) is 0 Å². The number of aliphatic hydroxyl groups is 1. The largest absolute Gasteiger partial charge is 0.390 e. The van der Waals surface area contributed by atoms with Crippen molar-refractivity contribution < 1.29 is 9.84 Å². The molecule has 0 rings (SSSR count). The van der Waals surface area contributed by atoms with E-state index >= 15 is 0 Å². The number of aliphatic hydroxyl groups excluding tert-OH is 1. The molecule has 10 heavy (non-hydrogen) atoms. The minimum Gasteiger partial charge on any atom is -0.390 e. The summed E-state index contributed by atoms with van der Waals surface area (Å²) in [6.07, 6.45) is -0.101. The van der Waals surface area contributed by atoms with E-state index in [0.29, 0.717) is 12.5 Å². The van der Waals surface area contributed by atoms with Gasteiger partial charge in [-0.25, -0.2) is 0 Å². The monoisotopic (exact) mass is 146 g/mol. The molecule has 62 valence electrons. The molecule has 0 aromatic rings. The summed E-state index contributed by atoms with van der Waals surface area (Å²) in [7, 11) is 0. The van der Waals surface area contributed by atoms with Gasteiger partial charge in [-0.1, -0.05) is 13.8 Å². The molecule has 0 saturated heterocycles. The summed E-state index contributed by atoms with van der Waals surface area (Å²) in [4.78, 5) is 0. The summed E-state index contributed by atoms with van der Waals surface area (Å²) in [5.41, 5.74) is 0. The first kappa shape index (κ1) is 9.92. The normalized spacial score (nSPS) is 14.7. The van der Waals surface area contributed by atoms with Crippen LogP contribution < -0.4 is 0 Å². The molecular formula is C8H18O2. The summed E-state index contributed by atoms with van der Waals surface area (Å²) in [6.45, 7) is 8.35. The van der Waals surface area contributed by atoms with Crippen LogP contribution in [-0.4, -0.2) is 23.9 Å². The fourth-order valence-electron chi connectivity index (χ4n) is 0.483. The lowest BCUT2D eigenvalue weighted by Crippen LogP contribution is -2.23. The number of rotatable bonds is 4. The van der Waals surface area contributed by atoms with Gasteiger partial charge < -0.3 is 9.84 Å². The molecule has 0 heterocycles. The van der Waals surface area contributed by atoms with E-state index in [2.05, 4.69) is 0 Å². The first-order chi connectivity index (χ1) is 4.54. The fraction of sp³-hybridized carbons (Fsp3) is 1.00. The van der Waals surface area contributed by atoms with E-state index in [0.717, 1.165) is 0 Å². The Kier molecular flexibility index (Phi) is 4.65. The molecule has 0 radical (unpaired) electrons. The van der Waals surface area contributed by atoms with Gasteiger partial charge in [-0.3, -0.25) is 0 Å². The van der Waals surface area contributed by atoms with Crippen LogP contribution in [0.4, 0.5) is 0 Å². The van der Waals surface area contributed by atoms with Crippen LogP contribution >= 0.6 is 0 Å². The van der Waals surface area contributed by atoms with Gasteiger partial charge in [-0.15, -0.1) is 0 Å². The topological polar surface area (TPSA) is 29.5 Å². The highest BCUT2D eigenvalue weighted by Gasteiger charge is 2.09. The predicted octanol–water partition coefficient (Wildman–Crippen LogP) is 1.43. The van der Waals surface area contributed by atoms with Crippen LogP contribution in [0.3, 0.4) is 0 Å². The van der Waals surface area contributed by atoms with Crippen molar-refractivity contribution in [1.29, 1.82) is 0 Å². The Labute approximate surface area is 63.2 Å². The minimum atomic E-state index is -0.317. The van der Waals surface area contributed by atoms with E-state index < -0.39 is 0 Å². The summed E-state index contributed by atoms with van der Waals surface area (Å²) in [5.74, 6) is 0.291. The van der Waals surface area contributed by atoms with Crippen LogP contribution in [0.25, 0.3) is 0 Å². The quantitative estimate of drug-likeness (QED) is 0.650. The van der Waals surface area contributed by atoms with E-state index in [1.807, 2.05) is 27.7 Å². The average Bonchev–Trinajstić information content (AvgIpc) is 1.82. The van der Waals surface area contributed by atoms with Gasteiger partial charge in [0, 0.05) is 0 Å². The predicted molar refractivity (Wildman–Crippen MR) is 41.9 cm³/mol. The number of hydrogen-bond acceptors (Lipinski definition) is 2. The van der Waals surface area contributed by atoms with Gasteiger partial charge in [0.05, 0.1) is 18.8 Å². The Bertz CT molecular complexity index is 79.3. The molecule has 0 spiro atoms. The van der Waals surface area contributed by atoms with Crippen LogP contribution in [-0.2, 0) is 4.74 Å². The maximum atomic E-state index is 9.25. The van der Waals surface area contributed by atoms with E-state index in [1.165, 1.54) is 0 Å². The van der Waals surface area contributed by atoms with Crippen molar-refractivity contribution in [1.82, 2.24) is 0 Å². The third-order valence-corrected chi connectivity index (χ3v) is 1.37. The van der Waals surface area contributed by atoms with E-state index in [4.69, 9.17) is 4.74 Å². The molecule has 1 atom stereocenters. The number of hydrogen-bond donors (Lipinski definition) is 1. The molecule has 2 nitrogen and oxygen atoms in total. The second kappa shape index (κ2) is 4.69. The Balaban J connectivity index is 3.30. The van der Waals surface area contributed by atoms with E-state index in [1.54, 1.807) is 0 Å². The zero-order chi connectivity index (χ0) is 8.15. The van der Waals surface area contributed by atoms with Crippen molar-refractivity contribution in [2.45, 2.75) is 39.9 Å². The highest BCUT2D eigenvalue weighted by atomic mass is 16.5. The van der Waals surface area contributed by atoms with Crippen LogP contribution in [0.1, 0.15) is 27.7 Å². The average molecular weight is 146 g/mol. The number of ether oxygens (including phenoxy) is 1. The lowest BCUT2D eigenvalue weighted by Gasteiger charge is -2.15. The van der Waals surface area contributed by atoms with Crippen molar-refractivity contribution in [3.8, 4) is 0 Å². The third-order valence-electron chi connectivity index (χ3n) is 1.37. The van der Waals surface area contributed by atoms with Crippen LogP contribution in [0.15, 0.2) is 0 Å². The molecule has 0 fully saturated rings. The highest BCUT2D eigenvalue weighted by Crippen LogP contribution is 2.02. The molecule has 0 saturated carbocycles. The summed E-state index contributed by atoms with van der Waals surface area (Å²) in [6, 6.07) is 0. The smallest absolute Gasteiger partial charge is 0.0796 e. The SMILES string of the molecule is CC(C)OC[C@H](O)C(C)C. The third kappa shape index (κ3) is 4.77. The van der Waals surface area contributed by atoms with Gasteiger partial charge >= 0.3 is 0 Å². The van der Waals surface area contributed by atoms with E-state index in [-0.39, 0.29) is 12.2 Å². The fourth-order valence-corrected chi connectivity index (χ4v) is 0.483. The van der Waals surface area contributed by atoms with Gasteiger partial charge in [0.15, 0.2) is 0 Å². The summed E-state index contributed by atoms with van der Waals surface area (Å²) < 4.78 is 5.21. The Morgan fingerprint density at radius 3 is 2.00 bits per heavy atom. The lowest BCUT2D eigenvalue weighted by molar-refractivity contribution is -0.0127. The second-order valence-electron chi connectivity index (χ2n) is 3.19. The first-order valence-electron chi connectivity index (χ1n) is 3.83. The Hall–Kier alpha value is -0.0800. The molecule has 0 bridgehead atoms. The van der Waals surface area contributed by atoms with Crippen molar-refractivity contribution in [3.05, 3.63) is 0 Å². The Morgan fingerprint density at radius 2 is 1.70 bits per heavy atom. The molecule has 0 aliphatic rings. The summed E-state index contributed by atoms with van der Waals surface area (Å²) in [5, 5.41) is 9.25. The molecule has 1 N–H and O–H groups in total. The van der Waals surface area contributed by atoms with Crippen LogP contribution in [0.5, 0.6) is 0 Å². The summed E-state index contributed by atoms with van der Waals surface area (Å²) >= 11 is 0. The van der Waals surface area contributed by atoms with Crippen molar-refractivity contribution in [2.24, 2.45) is 5.92 Å². The van der Waals surface area contributed by atoms with Gasteiger partial charge in [0.2, 0.25) is 0 Å². The molecule has 0 aliphatic heterocycles. The minimum absolute atomic E-state index is 0.216. The van der Waals surface area contributed by atoms with Gasteiger partial charge in [-0.2, -0.15) is 0 Å². The van der Waals surface area contributed by atoms with Gasteiger partial charge in [-0.05, 0) is 19.8 Å². The molecule has 0 aromatic heterocycles. The highest BCUT2D eigenvalue weighted by molar-refractivity contribution is 4.58. The van der Waals surface area contributed by atoms with E-state index in [9.17, 15) is 5.11 Å². The molecular weight excluding hydrogens is 128 g/mol. The zero-order valence-corrected chi connectivity index (χ0v) is 7.29. The van der Waals surface area contributed by atoms with Crippen LogP contribution in [0, 0.1) is 5.92 Å². The Morgan fingerprint density at radius 1 is 1.20 bits per heavy atom. The first-order valence-corrected chi connectivity index (χ1v) is 3.83. The maximum Gasteiger partial charge on any atom is 0.0796 e. The zero-order valence-electron chi connectivity index (χ0n) is 7.29. The molecule has 0 aromatic carbocycles. The van der Waals surface area contributed by atoms with Crippen molar-refractivity contribution in [3.63, 3.8) is 0 Å². The van der Waals surface area contributed by atoms with Crippen molar-refractivity contribution >= 4 is 0 Å². The molecule has 0 amide bonds.